The highest BCUT2D eigenvalue weighted by atomic mass is 32.2. The van der Waals surface area contributed by atoms with Gasteiger partial charge in [-0.15, -0.1) is 0 Å². The van der Waals surface area contributed by atoms with Gasteiger partial charge in [-0.05, 0) is 25.2 Å². The molecule has 0 aliphatic carbocycles. The highest BCUT2D eigenvalue weighted by molar-refractivity contribution is 7.86. The Hall–Kier alpha value is -0.660. The van der Waals surface area contributed by atoms with Gasteiger partial charge in [0.05, 0.1) is 5.92 Å². The highest BCUT2D eigenvalue weighted by Crippen LogP contribution is 2.26. The van der Waals surface area contributed by atoms with Crippen molar-refractivity contribution in [2.75, 3.05) is 26.2 Å². The molecule has 2 aliphatic rings. The van der Waals surface area contributed by atoms with E-state index in [0.717, 1.165) is 12.8 Å². The summed E-state index contributed by atoms with van der Waals surface area (Å²) in [6, 6.07) is 0. The zero-order chi connectivity index (χ0) is 14.0. The van der Waals surface area contributed by atoms with E-state index in [9.17, 15) is 13.2 Å². The molecule has 2 heterocycles. The number of hydrogen-bond acceptors (Lipinski definition) is 3. The summed E-state index contributed by atoms with van der Waals surface area (Å²) in [7, 11) is -3.38. The Morgan fingerprint density at radius 3 is 2.21 bits per heavy atom. The van der Waals surface area contributed by atoms with Crippen LogP contribution in [0.4, 0.5) is 0 Å². The largest absolute Gasteiger partial charge is 0.481 e. The fourth-order valence-corrected chi connectivity index (χ4v) is 4.57. The smallest absolute Gasteiger partial charge is 0.306 e. The van der Waals surface area contributed by atoms with Crippen molar-refractivity contribution in [1.29, 1.82) is 0 Å². The third-order valence-corrected chi connectivity index (χ3v) is 6.28. The van der Waals surface area contributed by atoms with Crippen LogP contribution in [-0.2, 0) is 15.0 Å². The number of hydrogen-bond donors (Lipinski definition) is 1. The van der Waals surface area contributed by atoms with Gasteiger partial charge in [0.1, 0.15) is 0 Å². The van der Waals surface area contributed by atoms with Gasteiger partial charge in [-0.3, -0.25) is 4.79 Å². The highest BCUT2D eigenvalue weighted by Gasteiger charge is 2.37. The van der Waals surface area contributed by atoms with Crippen molar-refractivity contribution in [2.45, 2.75) is 32.6 Å². The number of piperidine rings is 1. The van der Waals surface area contributed by atoms with Crippen molar-refractivity contribution in [3.63, 3.8) is 0 Å². The fraction of sp³-hybridized carbons (Fsp3) is 0.917. The quantitative estimate of drug-likeness (QED) is 0.829. The van der Waals surface area contributed by atoms with E-state index in [1.165, 1.54) is 4.31 Å². The Kier molecular flexibility index (Phi) is 4.47. The number of carbonyl (C=O) groups is 1. The summed E-state index contributed by atoms with van der Waals surface area (Å²) in [6.45, 7) is 3.94. The standard InChI is InChI=1S/C12H22N2O4S/c1-2-10-3-6-14(9-10)19(17,18)13-7-4-11(5-8-13)12(15)16/h10-11H,2-9H2,1H3,(H,15,16). The number of carboxylic acid groups (broad SMARTS) is 1. The van der Waals surface area contributed by atoms with Crippen LogP contribution in [0, 0.1) is 11.8 Å². The Bertz CT molecular complexity index is 429. The second-order valence-electron chi connectivity index (χ2n) is 5.44. The van der Waals surface area contributed by atoms with Crippen LogP contribution in [-0.4, -0.2) is 54.3 Å². The van der Waals surface area contributed by atoms with Crippen molar-refractivity contribution >= 4 is 16.2 Å². The summed E-state index contributed by atoms with van der Waals surface area (Å²) in [5.41, 5.74) is 0. The number of rotatable bonds is 4. The van der Waals surface area contributed by atoms with E-state index in [4.69, 9.17) is 5.11 Å². The number of aliphatic carboxylic acids is 1. The molecule has 1 N–H and O–H groups in total. The molecule has 0 amide bonds. The third-order valence-electron chi connectivity index (χ3n) is 4.28. The van der Waals surface area contributed by atoms with Crippen molar-refractivity contribution in [2.24, 2.45) is 11.8 Å². The molecule has 0 aromatic carbocycles. The van der Waals surface area contributed by atoms with Gasteiger partial charge >= 0.3 is 5.97 Å². The third kappa shape index (κ3) is 3.09. The lowest BCUT2D eigenvalue weighted by Gasteiger charge is -2.32. The lowest BCUT2D eigenvalue weighted by Crippen LogP contribution is -2.47. The van der Waals surface area contributed by atoms with Gasteiger partial charge in [-0.2, -0.15) is 17.0 Å². The van der Waals surface area contributed by atoms with E-state index in [1.54, 1.807) is 4.31 Å². The summed E-state index contributed by atoms with van der Waals surface area (Å²) < 4.78 is 27.9. The zero-order valence-electron chi connectivity index (χ0n) is 11.3. The fourth-order valence-electron chi connectivity index (χ4n) is 2.84. The second-order valence-corrected chi connectivity index (χ2v) is 7.37. The average Bonchev–Trinajstić information content (AvgIpc) is 2.88. The van der Waals surface area contributed by atoms with Crippen LogP contribution in [0.15, 0.2) is 0 Å². The zero-order valence-corrected chi connectivity index (χ0v) is 12.1. The molecule has 2 aliphatic heterocycles. The van der Waals surface area contributed by atoms with Gasteiger partial charge in [0, 0.05) is 26.2 Å². The summed E-state index contributed by atoms with van der Waals surface area (Å²) in [4.78, 5) is 10.9. The van der Waals surface area contributed by atoms with Crippen molar-refractivity contribution in [1.82, 2.24) is 8.61 Å². The number of nitrogens with zero attached hydrogens (tertiary/aromatic N) is 2. The van der Waals surface area contributed by atoms with E-state index in [1.807, 2.05) is 0 Å². The van der Waals surface area contributed by atoms with Crippen molar-refractivity contribution < 1.29 is 18.3 Å². The maximum Gasteiger partial charge on any atom is 0.306 e. The molecule has 1 atom stereocenters. The molecule has 7 heteroatoms. The number of carboxylic acids is 1. The molecule has 110 valence electrons. The lowest BCUT2D eigenvalue weighted by atomic mass is 9.99. The summed E-state index contributed by atoms with van der Waals surface area (Å²) in [5.74, 6) is -0.746. The van der Waals surface area contributed by atoms with Gasteiger partial charge in [0.25, 0.3) is 10.2 Å². The molecule has 1 unspecified atom stereocenters. The van der Waals surface area contributed by atoms with E-state index in [-0.39, 0.29) is 0 Å². The molecule has 0 saturated carbocycles. The molecule has 0 aromatic heterocycles. The summed E-state index contributed by atoms with van der Waals surface area (Å²) in [6.07, 6.45) is 2.77. The first-order valence-corrected chi connectivity index (χ1v) is 8.33. The van der Waals surface area contributed by atoms with Crippen LogP contribution < -0.4 is 0 Å². The van der Waals surface area contributed by atoms with Crippen LogP contribution in [0.25, 0.3) is 0 Å². The van der Waals surface area contributed by atoms with E-state index in [2.05, 4.69) is 6.92 Å². The van der Waals surface area contributed by atoms with Gasteiger partial charge in [0.15, 0.2) is 0 Å². The first kappa shape index (κ1) is 14.7. The van der Waals surface area contributed by atoms with Crippen LogP contribution in [0.3, 0.4) is 0 Å². The van der Waals surface area contributed by atoms with Gasteiger partial charge in [0.2, 0.25) is 0 Å². The minimum atomic E-state index is -3.38. The Balaban J connectivity index is 1.96. The Morgan fingerprint density at radius 2 is 1.74 bits per heavy atom. The Labute approximate surface area is 114 Å². The second kappa shape index (κ2) is 5.76. The molecule has 0 aromatic rings. The van der Waals surface area contributed by atoms with E-state index in [0.29, 0.717) is 44.9 Å². The molecule has 2 rings (SSSR count). The normalized spacial score (nSPS) is 27.7. The van der Waals surface area contributed by atoms with Crippen LogP contribution in [0.2, 0.25) is 0 Å². The van der Waals surface area contributed by atoms with Crippen LogP contribution in [0.1, 0.15) is 32.6 Å². The maximum atomic E-state index is 12.4. The monoisotopic (exact) mass is 290 g/mol. The summed E-state index contributed by atoms with van der Waals surface area (Å²) in [5, 5.41) is 8.93. The molecule has 2 saturated heterocycles. The maximum absolute atomic E-state index is 12.4. The Morgan fingerprint density at radius 1 is 1.16 bits per heavy atom. The molecule has 2 fully saturated rings. The average molecular weight is 290 g/mol. The molecule has 6 nitrogen and oxygen atoms in total. The minimum Gasteiger partial charge on any atom is -0.481 e. The van der Waals surface area contributed by atoms with Crippen molar-refractivity contribution in [3.05, 3.63) is 0 Å². The van der Waals surface area contributed by atoms with Gasteiger partial charge < -0.3 is 5.11 Å². The predicted octanol–water partition coefficient (Wildman–Crippen LogP) is 0.760. The SMILES string of the molecule is CCC1CCN(S(=O)(=O)N2CCC(C(=O)O)CC2)C1. The molecule has 0 radical (unpaired) electrons. The first-order chi connectivity index (χ1) is 8.95. The topological polar surface area (TPSA) is 77.9 Å². The molecule has 0 spiro atoms. The van der Waals surface area contributed by atoms with Crippen LogP contribution in [0.5, 0.6) is 0 Å². The predicted molar refractivity (Wildman–Crippen MR) is 70.8 cm³/mol. The van der Waals surface area contributed by atoms with E-state index >= 15 is 0 Å². The van der Waals surface area contributed by atoms with Gasteiger partial charge in [-0.25, -0.2) is 0 Å². The van der Waals surface area contributed by atoms with Crippen LogP contribution >= 0.6 is 0 Å². The van der Waals surface area contributed by atoms with Gasteiger partial charge in [-0.1, -0.05) is 13.3 Å². The lowest BCUT2D eigenvalue weighted by molar-refractivity contribution is -0.142. The minimum absolute atomic E-state index is 0.326. The molecule has 19 heavy (non-hydrogen) atoms. The summed E-state index contributed by atoms with van der Waals surface area (Å²) >= 11 is 0. The van der Waals surface area contributed by atoms with E-state index < -0.39 is 22.1 Å². The first-order valence-electron chi connectivity index (χ1n) is 6.93. The molecule has 0 bridgehead atoms. The molecular formula is C12H22N2O4S. The molecular weight excluding hydrogens is 268 g/mol. The van der Waals surface area contributed by atoms with Crippen molar-refractivity contribution in [3.8, 4) is 0 Å².